The number of hydrogen-bond acceptors (Lipinski definition) is 9. The van der Waals surface area contributed by atoms with Crippen molar-refractivity contribution >= 4 is 22.7 Å². The summed E-state index contributed by atoms with van der Waals surface area (Å²) in [6.45, 7) is 7.25. The molecular weight excluding hydrogens is 420 g/mol. The lowest BCUT2D eigenvalue weighted by Crippen LogP contribution is -2.47. The zero-order chi connectivity index (χ0) is 22.4. The topological polar surface area (TPSA) is 109 Å². The Kier molecular flexibility index (Phi) is 4.85. The Hall–Kier alpha value is -3.69. The standard InChI is InChI=1S/C23H26N8O2/c1-14(2)32-20-12-17-18(13-25-20)26-27-21(17)16-5-6-24-19(11-16)30-7-9-31(10-8-30)23-29-28-22(33-23)15-3-4-15/h5-6,11-15H,3-4,7-10H2,1-2H3,(H,26,27). The quantitative estimate of drug-likeness (QED) is 0.476. The zero-order valence-corrected chi connectivity index (χ0v) is 18.7. The lowest BCUT2D eigenvalue weighted by atomic mass is 10.1. The first-order valence-corrected chi connectivity index (χ1v) is 11.4. The molecule has 0 unspecified atom stereocenters. The van der Waals surface area contributed by atoms with Gasteiger partial charge in [0.25, 0.3) is 0 Å². The van der Waals surface area contributed by atoms with E-state index in [0.717, 1.165) is 72.9 Å². The highest BCUT2D eigenvalue weighted by molar-refractivity contribution is 5.93. The molecule has 4 aromatic rings. The molecule has 4 aromatic heterocycles. The van der Waals surface area contributed by atoms with Crippen LogP contribution in [0.1, 0.15) is 38.5 Å². The van der Waals surface area contributed by atoms with Crippen molar-refractivity contribution in [3.63, 3.8) is 0 Å². The predicted molar refractivity (Wildman–Crippen MR) is 124 cm³/mol. The molecule has 0 amide bonds. The van der Waals surface area contributed by atoms with Gasteiger partial charge in [0.2, 0.25) is 11.8 Å². The van der Waals surface area contributed by atoms with Crippen LogP contribution in [0.2, 0.25) is 0 Å². The first kappa shape index (κ1) is 20.0. The Balaban J connectivity index is 1.20. The highest BCUT2D eigenvalue weighted by atomic mass is 16.5. The summed E-state index contributed by atoms with van der Waals surface area (Å²) in [6, 6.07) is 6.64. The van der Waals surface area contributed by atoms with Crippen LogP contribution in [-0.2, 0) is 0 Å². The van der Waals surface area contributed by atoms with Crippen molar-refractivity contribution in [3.05, 3.63) is 36.5 Å². The summed E-state index contributed by atoms with van der Waals surface area (Å²) in [5, 5.41) is 17.1. The molecule has 1 aliphatic carbocycles. The number of ether oxygens (including phenoxy) is 1. The summed E-state index contributed by atoms with van der Waals surface area (Å²) < 4.78 is 11.6. The number of piperazine rings is 1. The van der Waals surface area contributed by atoms with Gasteiger partial charge in [0.15, 0.2) is 0 Å². The molecule has 0 radical (unpaired) electrons. The zero-order valence-electron chi connectivity index (χ0n) is 18.7. The smallest absolute Gasteiger partial charge is 0.318 e. The van der Waals surface area contributed by atoms with Gasteiger partial charge in [0, 0.05) is 55.3 Å². The Bertz CT molecular complexity index is 1270. The van der Waals surface area contributed by atoms with E-state index in [4.69, 9.17) is 9.15 Å². The first-order chi connectivity index (χ1) is 16.1. The molecule has 1 aliphatic heterocycles. The summed E-state index contributed by atoms with van der Waals surface area (Å²) in [5.41, 5.74) is 2.74. The van der Waals surface area contributed by atoms with Crippen molar-refractivity contribution in [2.24, 2.45) is 0 Å². The molecular formula is C23H26N8O2. The molecule has 0 spiro atoms. The third-order valence-corrected chi connectivity index (χ3v) is 6.03. The van der Waals surface area contributed by atoms with Crippen LogP contribution in [0.3, 0.4) is 0 Å². The summed E-state index contributed by atoms with van der Waals surface area (Å²) in [4.78, 5) is 13.4. The number of fused-ring (bicyclic) bond motifs is 1. The lowest BCUT2D eigenvalue weighted by Gasteiger charge is -2.34. The van der Waals surface area contributed by atoms with Crippen LogP contribution < -0.4 is 14.5 Å². The van der Waals surface area contributed by atoms with Gasteiger partial charge in [-0.05, 0) is 38.8 Å². The van der Waals surface area contributed by atoms with Gasteiger partial charge in [-0.15, -0.1) is 5.10 Å². The lowest BCUT2D eigenvalue weighted by molar-refractivity contribution is 0.233. The van der Waals surface area contributed by atoms with Crippen LogP contribution in [0.15, 0.2) is 35.0 Å². The summed E-state index contributed by atoms with van der Waals surface area (Å²) in [6.07, 6.45) is 5.97. The highest BCUT2D eigenvalue weighted by Gasteiger charge is 2.31. The summed E-state index contributed by atoms with van der Waals surface area (Å²) in [5.74, 6) is 2.78. The second-order valence-electron chi connectivity index (χ2n) is 8.88. The first-order valence-electron chi connectivity index (χ1n) is 11.4. The van der Waals surface area contributed by atoms with Crippen LogP contribution in [0.4, 0.5) is 11.8 Å². The van der Waals surface area contributed by atoms with E-state index >= 15 is 0 Å². The molecule has 0 bridgehead atoms. The third kappa shape index (κ3) is 3.96. The van der Waals surface area contributed by atoms with Gasteiger partial charge >= 0.3 is 6.01 Å². The fourth-order valence-corrected chi connectivity index (χ4v) is 4.14. The largest absolute Gasteiger partial charge is 0.475 e. The molecule has 1 saturated heterocycles. The second kappa shape index (κ2) is 8.02. The Labute approximate surface area is 191 Å². The molecule has 2 fully saturated rings. The molecule has 0 atom stereocenters. The normalized spacial score (nSPS) is 16.7. The van der Waals surface area contributed by atoms with Gasteiger partial charge in [0.1, 0.15) is 11.5 Å². The van der Waals surface area contributed by atoms with Gasteiger partial charge in [-0.3, -0.25) is 5.10 Å². The van der Waals surface area contributed by atoms with Crippen molar-refractivity contribution in [1.29, 1.82) is 0 Å². The Morgan fingerprint density at radius 1 is 1.06 bits per heavy atom. The van der Waals surface area contributed by atoms with Crippen LogP contribution in [-0.4, -0.2) is 62.6 Å². The van der Waals surface area contributed by atoms with E-state index in [1.54, 1.807) is 6.20 Å². The minimum Gasteiger partial charge on any atom is -0.475 e. The van der Waals surface area contributed by atoms with Gasteiger partial charge in [0.05, 0.1) is 17.8 Å². The fraction of sp³-hybridized carbons (Fsp3) is 0.435. The maximum absolute atomic E-state index is 5.87. The number of nitrogens with one attached hydrogen (secondary N) is 1. The molecule has 10 heteroatoms. The Morgan fingerprint density at radius 3 is 2.67 bits per heavy atom. The molecule has 6 rings (SSSR count). The third-order valence-electron chi connectivity index (χ3n) is 6.03. The average Bonchev–Trinajstić information content (AvgIpc) is 3.41. The maximum Gasteiger partial charge on any atom is 0.318 e. The number of aromatic nitrogens is 6. The number of rotatable bonds is 6. The monoisotopic (exact) mass is 446 g/mol. The highest BCUT2D eigenvalue weighted by Crippen LogP contribution is 2.40. The second-order valence-corrected chi connectivity index (χ2v) is 8.88. The Morgan fingerprint density at radius 2 is 1.88 bits per heavy atom. The van der Waals surface area contributed by atoms with Crippen LogP contribution in [0, 0.1) is 0 Å². The van der Waals surface area contributed by atoms with E-state index in [9.17, 15) is 0 Å². The van der Waals surface area contributed by atoms with Crippen molar-refractivity contribution in [2.45, 2.75) is 38.7 Å². The van der Waals surface area contributed by atoms with Gasteiger partial charge < -0.3 is 19.0 Å². The van der Waals surface area contributed by atoms with E-state index in [2.05, 4.69) is 46.2 Å². The molecule has 0 aromatic carbocycles. The molecule has 33 heavy (non-hydrogen) atoms. The molecule has 1 N–H and O–H groups in total. The molecule has 170 valence electrons. The summed E-state index contributed by atoms with van der Waals surface area (Å²) >= 11 is 0. The number of H-pyrrole nitrogens is 1. The van der Waals surface area contributed by atoms with Crippen LogP contribution >= 0.6 is 0 Å². The number of aromatic amines is 1. The minimum atomic E-state index is 0.0592. The van der Waals surface area contributed by atoms with E-state index in [1.165, 1.54) is 0 Å². The van der Waals surface area contributed by atoms with E-state index in [-0.39, 0.29) is 6.10 Å². The van der Waals surface area contributed by atoms with Gasteiger partial charge in [-0.1, -0.05) is 5.10 Å². The summed E-state index contributed by atoms with van der Waals surface area (Å²) in [7, 11) is 0. The fourth-order valence-electron chi connectivity index (χ4n) is 4.14. The number of pyridine rings is 2. The molecule has 1 saturated carbocycles. The van der Waals surface area contributed by atoms with Crippen molar-refractivity contribution in [3.8, 4) is 17.1 Å². The van der Waals surface area contributed by atoms with E-state index < -0.39 is 0 Å². The maximum atomic E-state index is 5.87. The van der Waals surface area contributed by atoms with E-state index in [1.807, 2.05) is 32.2 Å². The molecule has 5 heterocycles. The molecule has 10 nitrogen and oxygen atoms in total. The number of hydrogen-bond donors (Lipinski definition) is 1. The average molecular weight is 447 g/mol. The number of anilines is 2. The van der Waals surface area contributed by atoms with Crippen LogP contribution in [0.5, 0.6) is 5.88 Å². The van der Waals surface area contributed by atoms with Crippen LogP contribution in [0.25, 0.3) is 22.2 Å². The predicted octanol–water partition coefficient (Wildman–Crippen LogP) is 3.39. The van der Waals surface area contributed by atoms with Gasteiger partial charge in [-0.25, -0.2) is 9.97 Å². The number of nitrogens with zero attached hydrogens (tertiary/aromatic N) is 7. The van der Waals surface area contributed by atoms with Crippen molar-refractivity contribution < 1.29 is 9.15 Å². The minimum absolute atomic E-state index is 0.0592. The van der Waals surface area contributed by atoms with Crippen molar-refractivity contribution in [2.75, 3.05) is 36.0 Å². The van der Waals surface area contributed by atoms with E-state index in [0.29, 0.717) is 17.8 Å². The van der Waals surface area contributed by atoms with Gasteiger partial charge in [-0.2, -0.15) is 5.10 Å². The SMILES string of the molecule is CC(C)Oc1cc2c(-c3ccnc(N4CCN(c5nnc(C6CC6)o5)CC4)c3)n[nH]c2cn1. The van der Waals surface area contributed by atoms with Crippen molar-refractivity contribution in [1.82, 2.24) is 30.4 Å². The molecule has 2 aliphatic rings.